The molecule has 3 rings (SSSR count). The minimum Gasteiger partial charge on any atom is -0.371 e. The number of hydrogen-bond donors (Lipinski definition) is 1. The van der Waals surface area contributed by atoms with Gasteiger partial charge in [0.15, 0.2) is 5.82 Å². The van der Waals surface area contributed by atoms with Crippen molar-refractivity contribution in [2.75, 3.05) is 19.7 Å². The molecule has 94 valence electrons. The van der Waals surface area contributed by atoms with Gasteiger partial charge in [-0.3, -0.25) is 0 Å². The molecule has 0 bridgehead atoms. The van der Waals surface area contributed by atoms with Crippen LogP contribution in [-0.2, 0) is 4.74 Å². The van der Waals surface area contributed by atoms with Gasteiger partial charge in [0.25, 0.3) is 0 Å². The van der Waals surface area contributed by atoms with Gasteiger partial charge in [-0.05, 0) is 6.07 Å². The number of ether oxygens (including phenoxy) is 1. The van der Waals surface area contributed by atoms with Crippen molar-refractivity contribution in [3.05, 3.63) is 35.0 Å². The number of benzene rings is 1. The lowest BCUT2D eigenvalue weighted by Gasteiger charge is -2.24. The minimum atomic E-state index is -0.384. The average molecular weight is 268 g/mol. The predicted octanol–water partition coefficient (Wildman–Crippen LogP) is 2.08. The van der Waals surface area contributed by atoms with Crippen LogP contribution in [0.3, 0.4) is 0 Å². The Balaban J connectivity index is 2.11. The van der Waals surface area contributed by atoms with Crippen LogP contribution in [0.2, 0.25) is 5.15 Å². The molecule has 1 fully saturated rings. The molecular weight excluding hydrogens is 257 g/mol. The van der Waals surface area contributed by atoms with Crippen LogP contribution in [0, 0.1) is 5.82 Å². The van der Waals surface area contributed by atoms with Crippen LogP contribution in [0.1, 0.15) is 11.7 Å². The largest absolute Gasteiger partial charge is 0.371 e. The van der Waals surface area contributed by atoms with Crippen molar-refractivity contribution in [3.63, 3.8) is 0 Å². The van der Waals surface area contributed by atoms with Gasteiger partial charge in [-0.1, -0.05) is 17.7 Å². The molecule has 1 aliphatic rings. The first kappa shape index (κ1) is 11.8. The fourth-order valence-electron chi connectivity index (χ4n) is 2.09. The lowest BCUT2D eigenvalue weighted by Crippen LogP contribution is -2.33. The molecule has 1 aliphatic heterocycles. The average Bonchev–Trinajstić information content (AvgIpc) is 2.41. The Hall–Kier alpha value is -1.30. The number of hydrogen-bond acceptors (Lipinski definition) is 4. The minimum absolute atomic E-state index is 0.238. The molecule has 1 aromatic carbocycles. The highest BCUT2D eigenvalue weighted by Gasteiger charge is 2.21. The summed E-state index contributed by atoms with van der Waals surface area (Å²) in [5.41, 5.74) is 0.742. The van der Waals surface area contributed by atoms with E-state index in [1.165, 1.54) is 6.33 Å². The maximum absolute atomic E-state index is 14.4. The lowest BCUT2D eigenvalue weighted by molar-refractivity contribution is 0.0257. The lowest BCUT2D eigenvalue weighted by atomic mass is 10.1. The second-order valence-electron chi connectivity index (χ2n) is 4.09. The second kappa shape index (κ2) is 4.76. The summed E-state index contributed by atoms with van der Waals surface area (Å²) in [7, 11) is 0. The zero-order valence-electron chi connectivity index (χ0n) is 9.49. The van der Waals surface area contributed by atoms with Crippen LogP contribution in [0.4, 0.5) is 4.39 Å². The summed E-state index contributed by atoms with van der Waals surface area (Å²) in [6, 6.07) is 3.42. The standard InChI is InChI=1S/C12H11ClFN3O/c13-12-8-2-1-7(9-5-15-3-4-18-9)10(14)11(8)16-6-17-12/h1-2,6,9,15H,3-5H2. The molecule has 18 heavy (non-hydrogen) atoms. The summed E-state index contributed by atoms with van der Waals surface area (Å²) >= 11 is 5.91. The molecule has 0 aliphatic carbocycles. The van der Waals surface area contributed by atoms with Crippen molar-refractivity contribution in [1.29, 1.82) is 0 Å². The Morgan fingerprint density at radius 3 is 3.06 bits per heavy atom. The summed E-state index contributed by atoms with van der Waals surface area (Å²) in [6.07, 6.45) is 0.981. The van der Waals surface area contributed by atoms with Crippen molar-refractivity contribution in [3.8, 4) is 0 Å². The molecule has 4 nitrogen and oxygen atoms in total. The third kappa shape index (κ3) is 1.94. The summed E-state index contributed by atoms with van der Waals surface area (Å²) < 4.78 is 19.9. The molecule has 1 unspecified atom stereocenters. The molecular formula is C12H11ClFN3O. The van der Waals surface area contributed by atoms with Crippen LogP contribution in [0.5, 0.6) is 0 Å². The van der Waals surface area contributed by atoms with Crippen LogP contribution in [0.15, 0.2) is 18.5 Å². The Bertz CT molecular complexity index is 587. The fourth-order valence-corrected chi connectivity index (χ4v) is 2.29. The Labute approximate surface area is 108 Å². The van der Waals surface area contributed by atoms with E-state index in [9.17, 15) is 4.39 Å². The van der Waals surface area contributed by atoms with E-state index in [1.54, 1.807) is 12.1 Å². The molecule has 1 N–H and O–H groups in total. The summed E-state index contributed by atoms with van der Waals surface area (Å²) in [4.78, 5) is 7.79. The summed E-state index contributed by atoms with van der Waals surface area (Å²) in [5, 5.41) is 3.94. The Morgan fingerprint density at radius 1 is 1.39 bits per heavy atom. The number of morpholine rings is 1. The molecule has 1 aromatic heterocycles. The van der Waals surface area contributed by atoms with Crippen molar-refractivity contribution in [1.82, 2.24) is 15.3 Å². The highest BCUT2D eigenvalue weighted by molar-refractivity contribution is 6.34. The fraction of sp³-hybridized carbons (Fsp3) is 0.333. The van der Waals surface area contributed by atoms with Gasteiger partial charge >= 0.3 is 0 Å². The first-order valence-corrected chi connectivity index (χ1v) is 6.06. The maximum Gasteiger partial charge on any atom is 0.155 e. The van der Waals surface area contributed by atoms with Crippen molar-refractivity contribution < 1.29 is 9.13 Å². The molecule has 2 aromatic rings. The first-order chi connectivity index (χ1) is 8.77. The quantitative estimate of drug-likeness (QED) is 0.804. The molecule has 1 atom stereocenters. The molecule has 0 spiro atoms. The van der Waals surface area contributed by atoms with Crippen molar-refractivity contribution >= 4 is 22.5 Å². The van der Waals surface area contributed by atoms with Crippen molar-refractivity contribution in [2.24, 2.45) is 0 Å². The Kier molecular flexibility index (Phi) is 3.11. The van der Waals surface area contributed by atoms with E-state index < -0.39 is 0 Å². The molecule has 1 saturated heterocycles. The van der Waals surface area contributed by atoms with Gasteiger partial charge in [0, 0.05) is 24.0 Å². The third-order valence-corrected chi connectivity index (χ3v) is 3.30. The van der Waals surface area contributed by atoms with Gasteiger partial charge in [0.05, 0.1) is 12.7 Å². The molecule has 0 radical (unpaired) electrons. The topological polar surface area (TPSA) is 47.0 Å². The predicted molar refractivity (Wildman–Crippen MR) is 66.1 cm³/mol. The highest BCUT2D eigenvalue weighted by Crippen LogP contribution is 2.28. The van der Waals surface area contributed by atoms with Crippen LogP contribution in [-0.4, -0.2) is 29.7 Å². The summed E-state index contributed by atoms with van der Waals surface area (Å²) in [6.45, 7) is 1.97. The highest BCUT2D eigenvalue weighted by atomic mass is 35.5. The number of nitrogens with zero attached hydrogens (tertiary/aromatic N) is 2. The third-order valence-electron chi connectivity index (χ3n) is 3.00. The summed E-state index contributed by atoms with van der Waals surface area (Å²) in [5.74, 6) is -0.384. The van der Waals surface area contributed by atoms with Gasteiger partial charge in [-0.2, -0.15) is 0 Å². The van der Waals surface area contributed by atoms with Crippen molar-refractivity contribution in [2.45, 2.75) is 6.10 Å². The number of rotatable bonds is 1. The van der Waals surface area contributed by atoms with Gasteiger partial charge in [0.1, 0.15) is 17.0 Å². The van der Waals surface area contributed by atoms with Crippen LogP contribution in [0.25, 0.3) is 10.9 Å². The zero-order chi connectivity index (χ0) is 12.5. The van der Waals surface area contributed by atoms with E-state index in [0.29, 0.717) is 24.1 Å². The van der Waals surface area contributed by atoms with Crippen LogP contribution >= 0.6 is 11.6 Å². The van der Waals surface area contributed by atoms with E-state index in [1.807, 2.05) is 0 Å². The first-order valence-electron chi connectivity index (χ1n) is 5.68. The Morgan fingerprint density at radius 2 is 2.28 bits per heavy atom. The zero-order valence-corrected chi connectivity index (χ0v) is 10.2. The monoisotopic (exact) mass is 267 g/mol. The van der Waals surface area contributed by atoms with E-state index in [-0.39, 0.29) is 22.6 Å². The van der Waals surface area contributed by atoms with Gasteiger partial charge in [-0.15, -0.1) is 0 Å². The van der Waals surface area contributed by atoms with E-state index >= 15 is 0 Å². The molecule has 2 heterocycles. The van der Waals surface area contributed by atoms with Crippen LogP contribution < -0.4 is 5.32 Å². The SMILES string of the molecule is Fc1c(C2CNCCO2)ccc2c(Cl)ncnc12. The van der Waals surface area contributed by atoms with Gasteiger partial charge < -0.3 is 10.1 Å². The normalized spacial score (nSPS) is 20.2. The number of fused-ring (bicyclic) bond motifs is 1. The maximum atomic E-state index is 14.4. The molecule has 0 saturated carbocycles. The number of nitrogens with one attached hydrogen (secondary N) is 1. The van der Waals surface area contributed by atoms with Gasteiger partial charge in [0.2, 0.25) is 0 Å². The number of halogens is 2. The second-order valence-corrected chi connectivity index (χ2v) is 4.45. The van der Waals surface area contributed by atoms with E-state index in [2.05, 4.69) is 15.3 Å². The molecule has 0 amide bonds. The molecule has 6 heteroatoms. The number of aromatic nitrogens is 2. The van der Waals surface area contributed by atoms with Gasteiger partial charge in [-0.25, -0.2) is 14.4 Å². The smallest absolute Gasteiger partial charge is 0.155 e. The van der Waals surface area contributed by atoms with E-state index in [4.69, 9.17) is 16.3 Å². The van der Waals surface area contributed by atoms with E-state index in [0.717, 1.165) is 6.54 Å².